The van der Waals surface area contributed by atoms with Crippen molar-refractivity contribution in [3.05, 3.63) is 59.2 Å². The topological polar surface area (TPSA) is 99.9 Å². The highest BCUT2D eigenvalue weighted by Gasteiger charge is 2.53. The van der Waals surface area contributed by atoms with E-state index in [0.717, 1.165) is 30.1 Å². The lowest BCUT2D eigenvalue weighted by atomic mass is 10.1. The molecule has 1 aliphatic heterocycles. The zero-order valence-corrected chi connectivity index (χ0v) is 18.3. The van der Waals surface area contributed by atoms with E-state index >= 15 is 0 Å². The van der Waals surface area contributed by atoms with Crippen molar-refractivity contribution < 1.29 is 28.2 Å². The summed E-state index contributed by atoms with van der Waals surface area (Å²) in [4.78, 5) is 34.5. The van der Waals surface area contributed by atoms with Gasteiger partial charge in [-0.05, 0) is 49.6 Å². The number of aliphatic hydroxyl groups is 1. The maximum atomic E-state index is 13.0. The minimum atomic E-state index is -2.69. The number of rotatable bonds is 6. The van der Waals surface area contributed by atoms with Crippen LogP contribution in [0.25, 0.3) is 11.0 Å². The Bertz CT molecular complexity index is 1330. The number of amides is 2. The van der Waals surface area contributed by atoms with Crippen LogP contribution in [0.2, 0.25) is 0 Å². The Kier molecular flexibility index (Phi) is 5.78. The molecular formula is C24H24F2N4O4. The lowest BCUT2D eigenvalue weighted by molar-refractivity contribution is -0.128. The molecule has 2 N–H and O–H groups in total. The fourth-order valence-electron chi connectivity index (χ4n) is 4.46. The van der Waals surface area contributed by atoms with Crippen molar-refractivity contribution in [1.82, 2.24) is 9.55 Å². The molecule has 1 aromatic heterocycles. The van der Waals surface area contributed by atoms with Gasteiger partial charge >= 0.3 is 0 Å². The number of aryl methyl sites for hydroxylation is 1. The van der Waals surface area contributed by atoms with E-state index in [4.69, 9.17) is 4.74 Å². The van der Waals surface area contributed by atoms with Gasteiger partial charge in [0.1, 0.15) is 6.61 Å². The molecule has 1 aliphatic carbocycles. The van der Waals surface area contributed by atoms with Crippen molar-refractivity contribution in [1.29, 1.82) is 0 Å². The summed E-state index contributed by atoms with van der Waals surface area (Å²) in [5.74, 6) is -0.755. The van der Waals surface area contributed by atoms with Crippen LogP contribution in [-0.4, -0.2) is 51.8 Å². The van der Waals surface area contributed by atoms with Crippen molar-refractivity contribution in [2.24, 2.45) is 4.99 Å². The van der Waals surface area contributed by atoms with Crippen LogP contribution in [-0.2, 0) is 16.1 Å². The van der Waals surface area contributed by atoms with E-state index in [1.807, 2.05) is 18.2 Å². The largest absolute Gasteiger partial charge is 0.396 e. The highest BCUT2D eigenvalue weighted by atomic mass is 19.3. The second-order valence-electron chi connectivity index (χ2n) is 8.67. The van der Waals surface area contributed by atoms with Crippen molar-refractivity contribution in [2.45, 2.75) is 37.8 Å². The standard InChI is InChI=1S/C24H24F2N4O4/c25-21(26)15-3-1-4-16(11-15)22(33)28-23-27-18-12-17(5-6-19(18)29(23)9-2-10-31)30-20(32)13-34-14-24(30)7-8-24/h1,3-6,11-12,21,31H,2,7-10,13-14H2,(H,27,28,33). The third kappa shape index (κ3) is 4.03. The zero-order valence-electron chi connectivity index (χ0n) is 18.3. The number of halogens is 2. The summed E-state index contributed by atoms with van der Waals surface area (Å²) in [5.41, 5.74) is 1.90. The van der Waals surface area contributed by atoms with Gasteiger partial charge in [0, 0.05) is 30.0 Å². The molecule has 2 amide bonds. The van der Waals surface area contributed by atoms with Crippen molar-refractivity contribution in [3.8, 4) is 0 Å². The highest BCUT2D eigenvalue weighted by molar-refractivity contribution is 5.99. The summed E-state index contributed by atoms with van der Waals surface area (Å²) in [5, 5.41) is 9.33. The van der Waals surface area contributed by atoms with Crippen LogP contribution < -0.4 is 10.5 Å². The number of nitrogens with zero attached hydrogens (tertiary/aromatic N) is 3. The smallest absolute Gasteiger partial charge is 0.280 e. The number of imidazole rings is 1. The maximum absolute atomic E-state index is 13.0. The van der Waals surface area contributed by atoms with Crippen LogP contribution in [0, 0.1) is 0 Å². The second-order valence-corrected chi connectivity index (χ2v) is 8.67. The van der Waals surface area contributed by atoms with Crippen LogP contribution in [0.5, 0.6) is 0 Å². The van der Waals surface area contributed by atoms with Crippen LogP contribution in [0.15, 0.2) is 47.5 Å². The molecule has 0 atom stereocenters. The first-order chi connectivity index (χ1) is 16.4. The van der Waals surface area contributed by atoms with Crippen LogP contribution >= 0.6 is 0 Å². The number of alkyl halides is 2. The van der Waals surface area contributed by atoms with Crippen LogP contribution in [0.1, 0.15) is 41.6 Å². The van der Waals surface area contributed by atoms with Crippen LogP contribution in [0.3, 0.4) is 0 Å². The number of carbonyl (C=O) groups is 2. The van der Waals surface area contributed by atoms with Crippen molar-refractivity contribution in [3.63, 3.8) is 0 Å². The molecule has 8 nitrogen and oxygen atoms in total. The number of aromatic nitrogens is 2. The predicted molar refractivity (Wildman–Crippen MR) is 120 cm³/mol. The number of morpholine rings is 1. The lowest BCUT2D eigenvalue weighted by Gasteiger charge is -2.36. The number of aromatic amines is 1. The molecule has 2 fully saturated rings. The average molecular weight is 470 g/mol. The van der Waals surface area contributed by atoms with Gasteiger partial charge in [-0.1, -0.05) is 12.1 Å². The number of fused-ring (bicyclic) bond motifs is 1. The molecule has 2 heterocycles. The summed E-state index contributed by atoms with van der Waals surface area (Å²) >= 11 is 0. The third-order valence-corrected chi connectivity index (χ3v) is 6.31. The maximum Gasteiger partial charge on any atom is 0.280 e. The number of carbonyl (C=O) groups excluding carboxylic acids is 2. The minimum Gasteiger partial charge on any atom is -0.396 e. The van der Waals surface area contributed by atoms with Gasteiger partial charge < -0.3 is 24.3 Å². The molecule has 1 spiro atoms. The Morgan fingerprint density at radius 2 is 2.06 bits per heavy atom. The molecule has 34 heavy (non-hydrogen) atoms. The van der Waals surface area contributed by atoms with Gasteiger partial charge in [-0.3, -0.25) is 9.59 Å². The first-order valence-electron chi connectivity index (χ1n) is 11.1. The molecule has 2 aromatic carbocycles. The number of anilines is 1. The number of hydrogen-bond acceptors (Lipinski definition) is 4. The Hall–Kier alpha value is -3.37. The average Bonchev–Trinajstić information content (AvgIpc) is 3.50. The summed E-state index contributed by atoms with van der Waals surface area (Å²) in [6, 6.07) is 10.8. The Morgan fingerprint density at radius 3 is 2.79 bits per heavy atom. The lowest BCUT2D eigenvalue weighted by Crippen LogP contribution is -2.51. The third-order valence-electron chi connectivity index (χ3n) is 6.31. The van der Waals surface area contributed by atoms with Gasteiger partial charge in [0.15, 0.2) is 0 Å². The molecule has 2 aliphatic rings. The van der Waals surface area contributed by atoms with Gasteiger partial charge in [0.25, 0.3) is 18.2 Å². The minimum absolute atomic E-state index is 0.0355. The van der Waals surface area contributed by atoms with Crippen molar-refractivity contribution in [2.75, 3.05) is 24.7 Å². The van der Waals surface area contributed by atoms with Crippen LogP contribution in [0.4, 0.5) is 14.5 Å². The number of ether oxygens (including phenoxy) is 1. The highest BCUT2D eigenvalue weighted by Crippen LogP contribution is 2.46. The van der Waals surface area contributed by atoms with Gasteiger partial charge in [-0.2, -0.15) is 4.99 Å². The Morgan fingerprint density at radius 1 is 1.24 bits per heavy atom. The summed E-state index contributed by atoms with van der Waals surface area (Å²) in [6.07, 6.45) is -0.497. The molecule has 0 radical (unpaired) electrons. The molecule has 3 aromatic rings. The fourth-order valence-corrected chi connectivity index (χ4v) is 4.46. The Labute approximate surface area is 193 Å². The first kappa shape index (κ1) is 22.4. The molecule has 1 saturated heterocycles. The second kappa shape index (κ2) is 8.77. The van der Waals surface area contributed by atoms with Gasteiger partial charge in [0.2, 0.25) is 5.62 Å². The molecule has 178 valence electrons. The summed E-state index contributed by atoms with van der Waals surface area (Å²) in [6.45, 7) is 0.879. The van der Waals surface area contributed by atoms with E-state index in [1.54, 1.807) is 9.47 Å². The number of nitrogens with one attached hydrogen (secondary N) is 1. The monoisotopic (exact) mass is 470 g/mol. The quantitative estimate of drug-likeness (QED) is 0.579. The first-order valence-corrected chi connectivity index (χ1v) is 11.1. The normalized spacial score (nSPS) is 17.8. The summed E-state index contributed by atoms with van der Waals surface area (Å²) in [7, 11) is 0. The van der Waals surface area contributed by atoms with E-state index in [1.165, 1.54) is 18.2 Å². The molecular weight excluding hydrogens is 446 g/mol. The number of benzene rings is 2. The molecule has 0 unspecified atom stereocenters. The van der Waals surface area contributed by atoms with Gasteiger partial charge in [0.05, 0.1) is 23.2 Å². The van der Waals surface area contributed by atoms with E-state index < -0.39 is 12.3 Å². The number of aliphatic hydroxyl groups excluding tert-OH is 1. The van der Waals surface area contributed by atoms with E-state index in [-0.39, 0.29) is 41.4 Å². The van der Waals surface area contributed by atoms with E-state index in [2.05, 4.69) is 9.98 Å². The van der Waals surface area contributed by atoms with E-state index in [9.17, 15) is 23.5 Å². The molecule has 10 heteroatoms. The zero-order chi connectivity index (χ0) is 23.9. The summed E-state index contributed by atoms with van der Waals surface area (Å²) < 4.78 is 33.3. The SMILES string of the molecule is O=C(/N=c1\[nH]c2cc(N3C(=O)COCC34CC4)ccc2n1CCCO)c1cccc(C(F)F)c1. The van der Waals surface area contributed by atoms with E-state index in [0.29, 0.717) is 25.1 Å². The van der Waals surface area contributed by atoms with Crippen molar-refractivity contribution >= 4 is 28.5 Å². The predicted octanol–water partition coefficient (Wildman–Crippen LogP) is 2.93. The number of hydrogen-bond donors (Lipinski definition) is 2. The fraction of sp³-hybridized carbons (Fsp3) is 0.375. The molecule has 0 bridgehead atoms. The molecule has 1 saturated carbocycles. The Balaban J connectivity index is 1.56. The van der Waals surface area contributed by atoms with Gasteiger partial charge in [-0.15, -0.1) is 0 Å². The van der Waals surface area contributed by atoms with Gasteiger partial charge in [-0.25, -0.2) is 8.78 Å². The molecule has 5 rings (SSSR count). The number of H-pyrrole nitrogens is 1.